The topological polar surface area (TPSA) is 50.8 Å². The summed E-state index contributed by atoms with van der Waals surface area (Å²) in [5, 5.41) is 3.04. The number of carbonyl (C=O) groups is 1. The lowest BCUT2D eigenvalue weighted by Crippen LogP contribution is -2.51. The number of hydrogen-bond acceptors (Lipinski definition) is 3. The van der Waals surface area contributed by atoms with Crippen LogP contribution in [-0.4, -0.2) is 43.0 Å². The number of benzene rings is 1. The lowest BCUT2D eigenvalue weighted by Gasteiger charge is -2.39. The molecule has 0 aromatic heterocycles. The van der Waals surface area contributed by atoms with Crippen LogP contribution >= 0.6 is 0 Å². The van der Waals surface area contributed by atoms with Gasteiger partial charge in [0.2, 0.25) is 0 Å². The van der Waals surface area contributed by atoms with Crippen LogP contribution in [0.1, 0.15) is 30.9 Å². The molecular formula is C18H26N2O3. The molecule has 0 aliphatic carbocycles. The number of piperidine rings is 1. The van der Waals surface area contributed by atoms with Gasteiger partial charge in [0.1, 0.15) is 0 Å². The Morgan fingerprint density at radius 3 is 2.83 bits per heavy atom. The van der Waals surface area contributed by atoms with Crippen LogP contribution in [0.2, 0.25) is 0 Å². The summed E-state index contributed by atoms with van der Waals surface area (Å²) in [6.07, 6.45) is 2.03. The van der Waals surface area contributed by atoms with Gasteiger partial charge in [0, 0.05) is 25.6 Å². The number of hydrogen-bond donors (Lipinski definition) is 1. The number of rotatable bonds is 3. The highest BCUT2D eigenvalue weighted by Crippen LogP contribution is 2.34. The zero-order valence-corrected chi connectivity index (χ0v) is 14.0. The van der Waals surface area contributed by atoms with E-state index in [2.05, 4.69) is 24.4 Å². The van der Waals surface area contributed by atoms with Gasteiger partial charge in [-0.15, -0.1) is 0 Å². The van der Waals surface area contributed by atoms with Gasteiger partial charge in [-0.05, 0) is 37.8 Å². The fourth-order valence-corrected chi connectivity index (χ4v) is 3.45. The largest absolute Gasteiger partial charge is 0.347 e. The maximum absolute atomic E-state index is 12.5. The average Bonchev–Trinajstić information content (AvgIpc) is 3.02. The van der Waals surface area contributed by atoms with E-state index in [0.29, 0.717) is 26.3 Å². The highest BCUT2D eigenvalue weighted by Gasteiger charge is 2.42. The Labute approximate surface area is 137 Å². The van der Waals surface area contributed by atoms with Crippen molar-refractivity contribution < 1.29 is 14.3 Å². The summed E-state index contributed by atoms with van der Waals surface area (Å²) in [6.45, 7) is 7.41. The van der Waals surface area contributed by atoms with Crippen molar-refractivity contribution in [2.75, 3.05) is 26.3 Å². The number of urea groups is 1. The van der Waals surface area contributed by atoms with Gasteiger partial charge in [0.05, 0.1) is 13.2 Å². The van der Waals surface area contributed by atoms with Crippen molar-refractivity contribution in [2.24, 2.45) is 5.92 Å². The summed E-state index contributed by atoms with van der Waals surface area (Å²) in [7, 11) is 0. The third kappa shape index (κ3) is 3.67. The Kier molecular flexibility index (Phi) is 4.87. The first-order valence-corrected chi connectivity index (χ1v) is 8.44. The fraction of sp³-hybridized carbons (Fsp3) is 0.611. The van der Waals surface area contributed by atoms with Crippen LogP contribution in [0, 0.1) is 12.8 Å². The maximum atomic E-state index is 12.5. The monoisotopic (exact) mass is 318 g/mol. The third-order valence-corrected chi connectivity index (χ3v) is 5.00. The number of nitrogens with one attached hydrogen (secondary N) is 1. The quantitative estimate of drug-likeness (QED) is 0.932. The molecule has 5 nitrogen and oxygen atoms in total. The number of carbonyl (C=O) groups excluding carboxylic acids is 1. The molecule has 2 heterocycles. The second-order valence-corrected chi connectivity index (χ2v) is 6.58. The van der Waals surface area contributed by atoms with Crippen molar-refractivity contribution >= 4 is 6.03 Å². The van der Waals surface area contributed by atoms with Crippen molar-refractivity contribution in [1.82, 2.24) is 10.2 Å². The molecule has 1 aromatic carbocycles. The lowest BCUT2D eigenvalue weighted by atomic mass is 9.90. The minimum atomic E-state index is -0.533. The molecular weight excluding hydrogens is 292 g/mol. The van der Waals surface area contributed by atoms with E-state index in [1.807, 2.05) is 24.0 Å². The van der Waals surface area contributed by atoms with Gasteiger partial charge in [0.25, 0.3) is 0 Å². The fourth-order valence-electron chi connectivity index (χ4n) is 3.45. The van der Waals surface area contributed by atoms with Crippen LogP contribution in [0.15, 0.2) is 24.3 Å². The zero-order valence-electron chi connectivity index (χ0n) is 14.0. The van der Waals surface area contributed by atoms with E-state index in [-0.39, 0.29) is 11.9 Å². The summed E-state index contributed by atoms with van der Waals surface area (Å²) in [6, 6.07) is 8.13. The number of amides is 2. The minimum absolute atomic E-state index is 0.000417. The summed E-state index contributed by atoms with van der Waals surface area (Å²) in [4.78, 5) is 14.4. The third-order valence-electron chi connectivity index (χ3n) is 5.00. The maximum Gasteiger partial charge on any atom is 0.317 e. The molecule has 2 saturated heterocycles. The normalized spacial score (nSPS) is 23.7. The van der Waals surface area contributed by atoms with E-state index in [1.165, 1.54) is 5.56 Å². The van der Waals surface area contributed by atoms with Gasteiger partial charge in [-0.25, -0.2) is 4.79 Å². The molecule has 3 rings (SSSR count). The van der Waals surface area contributed by atoms with E-state index in [4.69, 9.17) is 9.47 Å². The molecule has 1 aromatic rings. The molecule has 0 saturated carbocycles. The molecule has 5 heteroatoms. The molecule has 126 valence electrons. The van der Waals surface area contributed by atoms with E-state index >= 15 is 0 Å². The number of aryl methyl sites for hydroxylation is 1. The average molecular weight is 318 g/mol. The SMILES string of the molecule is Cc1ccccc1CNC(=O)N1CCCC(C2(C)OCCO2)C1. The smallest absolute Gasteiger partial charge is 0.317 e. The van der Waals surface area contributed by atoms with Crippen LogP contribution in [0.5, 0.6) is 0 Å². The highest BCUT2D eigenvalue weighted by molar-refractivity contribution is 5.74. The van der Waals surface area contributed by atoms with Gasteiger partial charge >= 0.3 is 6.03 Å². The minimum Gasteiger partial charge on any atom is -0.347 e. The standard InChI is InChI=1S/C18H26N2O3/c1-14-6-3-4-7-15(14)12-19-17(21)20-9-5-8-16(13-20)18(2)22-10-11-23-18/h3-4,6-7,16H,5,8-13H2,1-2H3,(H,19,21). The second-order valence-electron chi connectivity index (χ2n) is 6.58. The molecule has 1 unspecified atom stereocenters. The van der Waals surface area contributed by atoms with Gasteiger partial charge in [-0.1, -0.05) is 24.3 Å². The van der Waals surface area contributed by atoms with Crippen LogP contribution in [0.4, 0.5) is 4.79 Å². The lowest BCUT2D eigenvalue weighted by molar-refractivity contribution is -0.189. The van der Waals surface area contributed by atoms with Crippen molar-refractivity contribution in [3.05, 3.63) is 35.4 Å². The van der Waals surface area contributed by atoms with Gasteiger partial charge in [-0.3, -0.25) is 0 Å². The number of ether oxygens (including phenoxy) is 2. The highest BCUT2D eigenvalue weighted by atomic mass is 16.7. The molecule has 0 radical (unpaired) electrons. The molecule has 0 bridgehead atoms. The van der Waals surface area contributed by atoms with Crippen LogP contribution in [-0.2, 0) is 16.0 Å². The first kappa shape index (κ1) is 16.3. The molecule has 2 aliphatic rings. The van der Waals surface area contributed by atoms with Crippen molar-refractivity contribution in [2.45, 2.75) is 39.0 Å². The first-order valence-electron chi connectivity index (χ1n) is 8.44. The molecule has 2 aliphatic heterocycles. The van der Waals surface area contributed by atoms with Gasteiger partial charge < -0.3 is 19.7 Å². The molecule has 23 heavy (non-hydrogen) atoms. The van der Waals surface area contributed by atoms with E-state index in [1.54, 1.807) is 0 Å². The Balaban J connectivity index is 1.56. The predicted octanol–water partition coefficient (Wildman–Crippen LogP) is 2.68. The van der Waals surface area contributed by atoms with Gasteiger partial charge in [0.15, 0.2) is 5.79 Å². The zero-order chi connectivity index (χ0) is 16.3. The molecule has 0 spiro atoms. The molecule has 1 N–H and O–H groups in total. The van der Waals surface area contributed by atoms with E-state index < -0.39 is 5.79 Å². The Morgan fingerprint density at radius 1 is 1.35 bits per heavy atom. The predicted molar refractivity (Wildman–Crippen MR) is 88.0 cm³/mol. The molecule has 2 fully saturated rings. The summed E-state index contributed by atoms with van der Waals surface area (Å²) in [5.41, 5.74) is 2.36. The second kappa shape index (κ2) is 6.89. The Bertz CT molecular complexity index is 555. The summed E-state index contributed by atoms with van der Waals surface area (Å²) >= 11 is 0. The number of nitrogens with zero attached hydrogens (tertiary/aromatic N) is 1. The van der Waals surface area contributed by atoms with Crippen molar-refractivity contribution in [3.63, 3.8) is 0 Å². The molecule has 1 atom stereocenters. The first-order chi connectivity index (χ1) is 11.1. The Morgan fingerprint density at radius 2 is 2.09 bits per heavy atom. The van der Waals surface area contributed by atoms with E-state index in [9.17, 15) is 4.79 Å². The van der Waals surface area contributed by atoms with Crippen molar-refractivity contribution in [1.29, 1.82) is 0 Å². The molecule has 2 amide bonds. The van der Waals surface area contributed by atoms with Crippen LogP contribution in [0.25, 0.3) is 0 Å². The Hall–Kier alpha value is -1.59. The van der Waals surface area contributed by atoms with Crippen LogP contribution in [0.3, 0.4) is 0 Å². The van der Waals surface area contributed by atoms with E-state index in [0.717, 1.165) is 24.9 Å². The van der Waals surface area contributed by atoms with Crippen molar-refractivity contribution in [3.8, 4) is 0 Å². The number of likely N-dealkylation sites (tertiary alicyclic amines) is 1. The van der Waals surface area contributed by atoms with Gasteiger partial charge in [-0.2, -0.15) is 0 Å². The van der Waals surface area contributed by atoms with Crippen LogP contribution < -0.4 is 5.32 Å². The summed E-state index contributed by atoms with van der Waals surface area (Å²) in [5.74, 6) is -0.294. The summed E-state index contributed by atoms with van der Waals surface area (Å²) < 4.78 is 11.5.